The third kappa shape index (κ3) is 3.54. The standard InChI is InChI=1S/C28H22/c1-2-4-12-26(20-24-11-6-5-10-23(24)9-3-1)28-19-22(17-21-15-16-21)18-25-13-7-8-14-27(25)28/h1-16,18-21H,17H2. The first-order valence-corrected chi connectivity index (χ1v) is 9.89. The Bertz CT molecular complexity index is 1240. The van der Waals surface area contributed by atoms with Crippen molar-refractivity contribution in [2.24, 2.45) is 5.92 Å². The molecular weight excluding hydrogens is 336 g/mol. The highest BCUT2D eigenvalue weighted by Gasteiger charge is 2.13. The predicted octanol–water partition coefficient (Wildman–Crippen LogP) is 7.51. The topological polar surface area (TPSA) is 0 Å². The summed E-state index contributed by atoms with van der Waals surface area (Å²) in [6.07, 6.45) is 5.66. The van der Waals surface area contributed by atoms with Crippen LogP contribution in [0.3, 0.4) is 0 Å². The van der Waals surface area contributed by atoms with Gasteiger partial charge in [0.05, 0.1) is 0 Å². The van der Waals surface area contributed by atoms with Gasteiger partial charge in [-0.3, -0.25) is 0 Å². The summed E-state index contributed by atoms with van der Waals surface area (Å²) >= 11 is 0. The van der Waals surface area contributed by atoms with E-state index < -0.39 is 0 Å². The molecule has 28 heavy (non-hydrogen) atoms. The fraction of sp³-hybridized carbons (Fsp3) is 0.0714. The van der Waals surface area contributed by atoms with Gasteiger partial charge in [-0.2, -0.15) is 0 Å². The Balaban J connectivity index is 1.80. The van der Waals surface area contributed by atoms with Crippen LogP contribution in [-0.2, 0) is 6.42 Å². The van der Waals surface area contributed by atoms with Crippen LogP contribution < -0.4 is 0 Å². The van der Waals surface area contributed by atoms with Crippen molar-refractivity contribution in [1.82, 2.24) is 0 Å². The molecule has 1 aliphatic rings. The van der Waals surface area contributed by atoms with E-state index in [1.807, 2.05) is 0 Å². The highest BCUT2D eigenvalue weighted by atomic mass is 14.2. The first-order chi connectivity index (χ1) is 13.9. The summed E-state index contributed by atoms with van der Waals surface area (Å²) in [5.41, 5.74) is 3.95. The van der Waals surface area contributed by atoms with Crippen LogP contribution in [0.2, 0.25) is 0 Å². The molecule has 0 fully saturated rings. The molecule has 0 heterocycles. The van der Waals surface area contributed by atoms with Gasteiger partial charge in [0.1, 0.15) is 0 Å². The average molecular weight is 358 g/mol. The Morgan fingerprint density at radius 1 is 0.536 bits per heavy atom. The Kier molecular flexibility index (Phi) is 4.39. The lowest BCUT2D eigenvalue weighted by Crippen LogP contribution is -1.91. The largest absolute Gasteiger partial charge is 0.0807 e. The van der Waals surface area contributed by atoms with Crippen LogP contribution in [-0.4, -0.2) is 0 Å². The van der Waals surface area contributed by atoms with Crippen LogP contribution in [0.25, 0.3) is 32.7 Å². The SMILES string of the molecule is C1=CC1Cc1cc(-c2ccccccc3ccccc3c2)c2ccccc2c1. The van der Waals surface area contributed by atoms with Gasteiger partial charge in [-0.1, -0.05) is 109 Å². The van der Waals surface area contributed by atoms with E-state index in [2.05, 4.69) is 115 Å². The number of hydrogen-bond acceptors (Lipinski definition) is 0. The minimum atomic E-state index is 0.636. The van der Waals surface area contributed by atoms with Gasteiger partial charge in [0.25, 0.3) is 0 Å². The summed E-state index contributed by atoms with van der Waals surface area (Å²) in [6.45, 7) is 0. The van der Waals surface area contributed by atoms with Crippen molar-refractivity contribution in [2.75, 3.05) is 0 Å². The third-order valence-corrected chi connectivity index (χ3v) is 5.36. The van der Waals surface area contributed by atoms with Gasteiger partial charge < -0.3 is 0 Å². The van der Waals surface area contributed by atoms with Crippen molar-refractivity contribution in [3.05, 3.63) is 121 Å². The van der Waals surface area contributed by atoms with E-state index >= 15 is 0 Å². The maximum atomic E-state index is 2.38. The number of rotatable bonds is 3. The molecule has 4 aromatic rings. The Labute approximate surface area is 166 Å². The van der Waals surface area contributed by atoms with E-state index in [1.165, 1.54) is 38.2 Å². The lowest BCUT2D eigenvalue weighted by atomic mass is 9.93. The first-order valence-electron chi connectivity index (χ1n) is 9.89. The van der Waals surface area contributed by atoms with Crippen LogP contribution >= 0.6 is 0 Å². The maximum Gasteiger partial charge on any atom is -0.00126 e. The van der Waals surface area contributed by atoms with E-state index in [0.717, 1.165) is 6.42 Å². The number of benzene rings is 3. The molecular formula is C28H22. The van der Waals surface area contributed by atoms with E-state index in [9.17, 15) is 0 Å². The zero-order chi connectivity index (χ0) is 18.8. The summed E-state index contributed by atoms with van der Waals surface area (Å²) in [5.74, 6) is 0.636. The van der Waals surface area contributed by atoms with E-state index in [-0.39, 0.29) is 0 Å². The van der Waals surface area contributed by atoms with Crippen molar-refractivity contribution in [1.29, 1.82) is 0 Å². The second kappa shape index (κ2) is 7.32. The summed E-state index contributed by atoms with van der Waals surface area (Å²) in [6, 6.07) is 37.2. The quantitative estimate of drug-likeness (QED) is 0.332. The monoisotopic (exact) mass is 358 g/mol. The lowest BCUT2D eigenvalue weighted by molar-refractivity contribution is 0.905. The summed E-state index contributed by atoms with van der Waals surface area (Å²) in [4.78, 5) is 0. The molecule has 0 aliphatic heterocycles. The Morgan fingerprint density at radius 3 is 1.96 bits per heavy atom. The molecule has 0 aromatic heterocycles. The van der Waals surface area contributed by atoms with Crippen molar-refractivity contribution in [2.45, 2.75) is 6.42 Å². The molecule has 0 nitrogen and oxygen atoms in total. The first kappa shape index (κ1) is 16.8. The van der Waals surface area contributed by atoms with Gasteiger partial charge >= 0.3 is 0 Å². The lowest BCUT2D eigenvalue weighted by Gasteiger charge is -2.11. The fourth-order valence-electron chi connectivity index (χ4n) is 3.84. The van der Waals surface area contributed by atoms with Crippen molar-refractivity contribution < 1.29 is 0 Å². The molecule has 0 atom stereocenters. The molecule has 0 spiro atoms. The van der Waals surface area contributed by atoms with Crippen LogP contribution in [0.15, 0.2) is 115 Å². The number of fused-ring (bicyclic) bond motifs is 2. The van der Waals surface area contributed by atoms with Gasteiger partial charge in [-0.25, -0.2) is 0 Å². The molecule has 0 radical (unpaired) electrons. The van der Waals surface area contributed by atoms with Gasteiger partial charge in [0.15, 0.2) is 0 Å². The third-order valence-electron chi connectivity index (χ3n) is 5.36. The number of allylic oxidation sites excluding steroid dienone is 2. The highest BCUT2D eigenvalue weighted by Crippen LogP contribution is 2.33. The molecule has 0 heteroatoms. The zero-order valence-corrected chi connectivity index (χ0v) is 15.8. The van der Waals surface area contributed by atoms with Crippen LogP contribution in [0.4, 0.5) is 0 Å². The summed E-state index contributed by atoms with van der Waals surface area (Å²) in [5, 5.41) is 5.10. The van der Waals surface area contributed by atoms with Gasteiger partial charge in [0.2, 0.25) is 0 Å². The van der Waals surface area contributed by atoms with Crippen LogP contribution in [0.1, 0.15) is 5.56 Å². The molecule has 0 bridgehead atoms. The summed E-state index contributed by atoms with van der Waals surface area (Å²) in [7, 11) is 0. The van der Waals surface area contributed by atoms with Crippen molar-refractivity contribution in [3.8, 4) is 11.1 Å². The molecule has 0 saturated carbocycles. The van der Waals surface area contributed by atoms with Crippen LogP contribution in [0.5, 0.6) is 0 Å². The minimum Gasteiger partial charge on any atom is -0.0807 e. The fourth-order valence-corrected chi connectivity index (χ4v) is 3.84. The molecule has 0 unspecified atom stereocenters. The highest BCUT2D eigenvalue weighted by molar-refractivity contribution is 5.98. The molecule has 134 valence electrons. The van der Waals surface area contributed by atoms with Gasteiger partial charge in [-0.15, -0.1) is 0 Å². The number of hydrogen-bond donors (Lipinski definition) is 0. The molecule has 0 amide bonds. The Morgan fingerprint density at radius 2 is 1.18 bits per heavy atom. The molecule has 5 rings (SSSR count). The second-order valence-corrected chi connectivity index (χ2v) is 7.45. The smallest absolute Gasteiger partial charge is 0.00126 e. The second-order valence-electron chi connectivity index (χ2n) is 7.45. The van der Waals surface area contributed by atoms with E-state index in [1.54, 1.807) is 0 Å². The van der Waals surface area contributed by atoms with Gasteiger partial charge in [0, 0.05) is 0 Å². The molecule has 0 saturated heterocycles. The van der Waals surface area contributed by atoms with E-state index in [0.29, 0.717) is 5.92 Å². The predicted molar refractivity (Wildman–Crippen MR) is 121 cm³/mol. The van der Waals surface area contributed by atoms with Crippen molar-refractivity contribution >= 4 is 21.5 Å². The Hall–Kier alpha value is -3.38. The van der Waals surface area contributed by atoms with Gasteiger partial charge in [-0.05, 0) is 56.6 Å². The average Bonchev–Trinajstić information content (AvgIpc) is 3.54. The normalized spacial score (nSPS) is 12.9. The molecule has 4 aromatic carbocycles. The van der Waals surface area contributed by atoms with Crippen molar-refractivity contribution in [3.63, 3.8) is 0 Å². The zero-order valence-electron chi connectivity index (χ0n) is 15.8. The molecule has 0 N–H and O–H groups in total. The van der Waals surface area contributed by atoms with Crippen LogP contribution in [0, 0.1) is 5.92 Å². The van der Waals surface area contributed by atoms with E-state index in [4.69, 9.17) is 0 Å². The molecule has 1 aliphatic carbocycles. The maximum absolute atomic E-state index is 2.38. The summed E-state index contributed by atoms with van der Waals surface area (Å²) < 4.78 is 0. The minimum absolute atomic E-state index is 0.636.